The lowest BCUT2D eigenvalue weighted by Crippen LogP contribution is -2.13. The van der Waals surface area contributed by atoms with Crippen molar-refractivity contribution in [2.75, 3.05) is 0 Å². The van der Waals surface area contributed by atoms with Crippen molar-refractivity contribution < 1.29 is 4.79 Å². The van der Waals surface area contributed by atoms with E-state index in [1.807, 2.05) is 6.07 Å². The van der Waals surface area contributed by atoms with Gasteiger partial charge in [0.25, 0.3) is 5.91 Å². The lowest BCUT2D eigenvalue weighted by Gasteiger charge is -2.10. The molecular formula is C18H8Cl4N2O. The van der Waals surface area contributed by atoms with E-state index < -0.39 is 5.91 Å². The molecule has 3 rings (SSSR count). The number of carbonyl (C=O) groups is 1. The zero-order chi connectivity index (χ0) is 18.1. The highest BCUT2D eigenvalue weighted by Crippen LogP contribution is 2.39. The van der Waals surface area contributed by atoms with Crippen LogP contribution in [0.25, 0.3) is 11.3 Å². The molecule has 0 unspecified atom stereocenters. The standard InChI is InChI=1S/C18H8Cl4N2O/c19-13-7-6-11(8-14(13)20)16-12(9-23)15(21)17(22)24(16)18(25)10-4-2-1-3-5-10/h1-8H. The third kappa shape index (κ3) is 3.15. The summed E-state index contributed by atoms with van der Waals surface area (Å²) in [6.45, 7) is 0. The topological polar surface area (TPSA) is 45.8 Å². The Kier molecular flexibility index (Phi) is 5.08. The fourth-order valence-electron chi connectivity index (χ4n) is 2.43. The van der Waals surface area contributed by atoms with E-state index in [-0.39, 0.29) is 26.5 Å². The van der Waals surface area contributed by atoms with Crippen LogP contribution in [0.5, 0.6) is 0 Å². The Hall–Kier alpha value is -1.96. The Morgan fingerprint density at radius 2 is 1.64 bits per heavy atom. The lowest BCUT2D eigenvalue weighted by molar-refractivity contribution is 0.0962. The molecule has 0 fully saturated rings. The van der Waals surface area contributed by atoms with Gasteiger partial charge in [0.2, 0.25) is 0 Å². The van der Waals surface area contributed by atoms with Crippen LogP contribution < -0.4 is 0 Å². The van der Waals surface area contributed by atoms with Gasteiger partial charge in [-0.3, -0.25) is 9.36 Å². The van der Waals surface area contributed by atoms with Crippen LogP contribution >= 0.6 is 46.4 Å². The van der Waals surface area contributed by atoms with Gasteiger partial charge in [0.05, 0.1) is 26.3 Å². The quantitative estimate of drug-likeness (QED) is 0.496. The molecule has 0 N–H and O–H groups in total. The van der Waals surface area contributed by atoms with Crippen LogP contribution in [0, 0.1) is 11.3 Å². The molecule has 2 aromatic carbocycles. The first-order valence-corrected chi connectivity index (χ1v) is 8.52. The number of nitrogens with zero attached hydrogens (tertiary/aromatic N) is 2. The van der Waals surface area contributed by atoms with E-state index in [0.29, 0.717) is 16.1 Å². The van der Waals surface area contributed by atoms with Crippen LogP contribution in [0.2, 0.25) is 20.2 Å². The van der Waals surface area contributed by atoms with Crippen molar-refractivity contribution in [3.05, 3.63) is 79.9 Å². The van der Waals surface area contributed by atoms with Crippen molar-refractivity contribution in [3.63, 3.8) is 0 Å². The van der Waals surface area contributed by atoms with Crippen molar-refractivity contribution in [1.82, 2.24) is 4.57 Å². The Labute approximate surface area is 163 Å². The molecular weight excluding hydrogens is 402 g/mol. The molecule has 1 aromatic heterocycles. The summed E-state index contributed by atoms with van der Waals surface area (Å²) in [4.78, 5) is 12.9. The Bertz CT molecular complexity index is 1020. The predicted octanol–water partition coefficient (Wildman–Crippen LogP) is 6.33. The fraction of sp³-hybridized carbons (Fsp3) is 0. The second-order valence-corrected chi connectivity index (χ2v) is 6.63. The van der Waals surface area contributed by atoms with Crippen molar-refractivity contribution in [1.29, 1.82) is 5.26 Å². The van der Waals surface area contributed by atoms with Gasteiger partial charge in [-0.25, -0.2) is 0 Å². The molecule has 3 aromatic rings. The predicted molar refractivity (Wildman–Crippen MR) is 101 cm³/mol. The van der Waals surface area contributed by atoms with Gasteiger partial charge in [0, 0.05) is 11.1 Å². The lowest BCUT2D eigenvalue weighted by atomic mass is 10.1. The number of rotatable bonds is 2. The number of nitriles is 1. The van der Waals surface area contributed by atoms with E-state index in [2.05, 4.69) is 0 Å². The molecule has 3 nitrogen and oxygen atoms in total. The molecule has 0 aliphatic rings. The van der Waals surface area contributed by atoms with Crippen LogP contribution in [0.1, 0.15) is 15.9 Å². The Balaban J connectivity index is 2.31. The van der Waals surface area contributed by atoms with Gasteiger partial charge < -0.3 is 0 Å². The van der Waals surface area contributed by atoms with Crippen LogP contribution in [-0.2, 0) is 0 Å². The minimum atomic E-state index is -0.407. The van der Waals surface area contributed by atoms with E-state index in [0.717, 1.165) is 0 Å². The maximum atomic E-state index is 12.9. The molecule has 0 saturated heterocycles. The fourth-order valence-corrected chi connectivity index (χ4v) is 3.20. The molecule has 0 spiro atoms. The molecule has 0 amide bonds. The minimum absolute atomic E-state index is 0.00882. The summed E-state index contributed by atoms with van der Waals surface area (Å²) in [6.07, 6.45) is 0. The van der Waals surface area contributed by atoms with E-state index in [9.17, 15) is 10.1 Å². The van der Waals surface area contributed by atoms with Gasteiger partial charge in [-0.05, 0) is 24.3 Å². The zero-order valence-electron chi connectivity index (χ0n) is 12.4. The monoisotopic (exact) mass is 408 g/mol. The third-order valence-corrected chi connectivity index (χ3v) is 5.15. The smallest absolute Gasteiger partial charge is 0.263 e. The van der Waals surface area contributed by atoms with Gasteiger partial charge in [-0.2, -0.15) is 5.26 Å². The number of hydrogen-bond donors (Lipinski definition) is 0. The summed E-state index contributed by atoms with van der Waals surface area (Å²) in [7, 11) is 0. The highest BCUT2D eigenvalue weighted by Gasteiger charge is 2.26. The molecule has 7 heteroatoms. The van der Waals surface area contributed by atoms with E-state index in [1.165, 1.54) is 4.57 Å². The van der Waals surface area contributed by atoms with Gasteiger partial charge in [-0.15, -0.1) is 0 Å². The number of hydrogen-bond acceptors (Lipinski definition) is 2. The second-order valence-electron chi connectivity index (χ2n) is 5.08. The molecule has 0 saturated carbocycles. The highest BCUT2D eigenvalue weighted by molar-refractivity contribution is 6.44. The van der Waals surface area contributed by atoms with Gasteiger partial charge in [-0.1, -0.05) is 70.7 Å². The van der Waals surface area contributed by atoms with Crippen LogP contribution in [-0.4, -0.2) is 10.5 Å². The molecule has 0 aliphatic heterocycles. The number of halogens is 4. The van der Waals surface area contributed by atoms with Crippen molar-refractivity contribution in [2.24, 2.45) is 0 Å². The molecule has 0 bridgehead atoms. The summed E-state index contributed by atoms with van der Waals surface area (Å²) in [5.41, 5.74) is 1.27. The summed E-state index contributed by atoms with van der Waals surface area (Å²) < 4.78 is 1.21. The third-order valence-electron chi connectivity index (χ3n) is 3.59. The van der Waals surface area contributed by atoms with Crippen LogP contribution in [0.4, 0.5) is 0 Å². The average molecular weight is 410 g/mol. The summed E-state index contributed by atoms with van der Waals surface area (Å²) >= 11 is 24.5. The van der Waals surface area contributed by atoms with E-state index in [1.54, 1.807) is 48.5 Å². The van der Waals surface area contributed by atoms with Crippen LogP contribution in [0.3, 0.4) is 0 Å². The number of aromatic nitrogens is 1. The van der Waals surface area contributed by atoms with E-state index >= 15 is 0 Å². The molecule has 124 valence electrons. The van der Waals surface area contributed by atoms with Crippen LogP contribution in [0.15, 0.2) is 48.5 Å². The first kappa shape index (κ1) is 17.8. The highest BCUT2D eigenvalue weighted by atomic mass is 35.5. The molecule has 0 radical (unpaired) electrons. The van der Waals surface area contributed by atoms with Crippen molar-refractivity contribution >= 4 is 52.3 Å². The second kappa shape index (κ2) is 7.11. The first-order valence-electron chi connectivity index (χ1n) is 7.00. The minimum Gasteiger partial charge on any atom is -0.268 e. The molecule has 1 heterocycles. The Morgan fingerprint density at radius 1 is 0.960 bits per heavy atom. The maximum absolute atomic E-state index is 12.9. The zero-order valence-corrected chi connectivity index (χ0v) is 15.5. The first-order chi connectivity index (χ1) is 12.0. The van der Waals surface area contributed by atoms with Gasteiger partial charge in [0.1, 0.15) is 11.2 Å². The normalized spacial score (nSPS) is 10.5. The largest absolute Gasteiger partial charge is 0.268 e. The van der Waals surface area contributed by atoms with E-state index in [4.69, 9.17) is 46.4 Å². The van der Waals surface area contributed by atoms with Gasteiger partial charge >= 0.3 is 0 Å². The SMILES string of the molecule is N#Cc1c(Cl)c(Cl)n(C(=O)c2ccccc2)c1-c1ccc(Cl)c(Cl)c1. The summed E-state index contributed by atoms with van der Waals surface area (Å²) in [5.74, 6) is -0.407. The average Bonchev–Trinajstić information content (AvgIpc) is 2.88. The summed E-state index contributed by atoms with van der Waals surface area (Å²) in [5, 5.41) is 10.1. The molecule has 0 atom stereocenters. The summed E-state index contributed by atoms with van der Waals surface area (Å²) in [6, 6.07) is 15.3. The number of benzene rings is 2. The van der Waals surface area contributed by atoms with Crippen molar-refractivity contribution in [2.45, 2.75) is 0 Å². The maximum Gasteiger partial charge on any atom is 0.263 e. The number of carbonyl (C=O) groups excluding carboxylic acids is 1. The van der Waals surface area contributed by atoms with Crippen molar-refractivity contribution in [3.8, 4) is 17.3 Å². The van der Waals surface area contributed by atoms with Gasteiger partial charge in [0.15, 0.2) is 0 Å². The molecule has 25 heavy (non-hydrogen) atoms. The molecule has 0 aliphatic carbocycles. The Morgan fingerprint density at radius 3 is 2.24 bits per heavy atom.